The summed E-state index contributed by atoms with van der Waals surface area (Å²) in [7, 11) is -3.78. The number of piperazine rings is 1. The van der Waals surface area contributed by atoms with Gasteiger partial charge in [0.1, 0.15) is 5.82 Å². The van der Waals surface area contributed by atoms with Gasteiger partial charge < -0.3 is 4.90 Å². The van der Waals surface area contributed by atoms with Crippen molar-refractivity contribution in [2.45, 2.75) is 11.8 Å². The lowest BCUT2D eigenvalue weighted by Gasteiger charge is -2.34. The summed E-state index contributed by atoms with van der Waals surface area (Å²) in [5, 5.41) is -0.237. The highest BCUT2D eigenvalue weighted by Gasteiger charge is 2.30. The van der Waals surface area contributed by atoms with Gasteiger partial charge in [0.15, 0.2) is 0 Å². The number of benzene rings is 2. The number of carbonyl (C=O) groups is 1. The molecule has 1 fully saturated rings. The molecule has 8 heteroatoms. The molecular weight excluding hydrogens is 379 g/mol. The second-order valence-electron chi connectivity index (χ2n) is 6.14. The molecule has 1 aliphatic rings. The molecule has 1 saturated heterocycles. The van der Waals surface area contributed by atoms with E-state index in [0.717, 1.165) is 17.7 Å². The average Bonchev–Trinajstić information content (AvgIpc) is 2.64. The summed E-state index contributed by atoms with van der Waals surface area (Å²) in [4.78, 5) is 14.1. The van der Waals surface area contributed by atoms with E-state index in [9.17, 15) is 17.6 Å². The average molecular weight is 397 g/mol. The number of amides is 1. The van der Waals surface area contributed by atoms with E-state index in [1.807, 2.05) is 19.1 Å². The van der Waals surface area contributed by atoms with Gasteiger partial charge in [0.2, 0.25) is 10.0 Å². The number of sulfonamides is 1. The molecule has 0 aromatic heterocycles. The Morgan fingerprint density at radius 3 is 2.23 bits per heavy atom. The summed E-state index contributed by atoms with van der Waals surface area (Å²) < 4.78 is 39.9. The van der Waals surface area contributed by atoms with Crippen LogP contribution in [0.3, 0.4) is 0 Å². The van der Waals surface area contributed by atoms with Gasteiger partial charge in [0, 0.05) is 31.7 Å². The molecule has 0 atom stereocenters. The van der Waals surface area contributed by atoms with E-state index < -0.39 is 15.8 Å². The molecule has 5 nitrogen and oxygen atoms in total. The number of halogens is 2. The lowest BCUT2D eigenvalue weighted by molar-refractivity contribution is 0.0698. The first-order valence-electron chi connectivity index (χ1n) is 8.10. The summed E-state index contributed by atoms with van der Waals surface area (Å²) in [5.41, 5.74) is 1.65. The summed E-state index contributed by atoms with van der Waals surface area (Å²) in [5.74, 6) is -0.786. The maximum absolute atomic E-state index is 13.3. The molecule has 1 aliphatic heterocycles. The lowest BCUT2D eigenvalue weighted by Crippen LogP contribution is -2.50. The molecule has 0 unspecified atom stereocenters. The van der Waals surface area contributed by atoms with Gasteiger partial charge in [-0.1, -0.05) is 29.3 Å². The van der Waals surface area contributed by atoms with E-state index >= 15 is 0 Å². The normalized spacial score (nSPS) is 15.9. The Kier molecular flexibility index (Phi) is 5.32. The molecule has 0 N–H and O–H groups in total. The van der Waals surface area contributed by atoms with Crippen molar-refractivity contribution >= 4 is 27.5 Å². The van der Waals surface area contributed by atoms with Crippen LogP contribution in [0.5, 0.6) is 0 Å². The zero-order chi connectivity index (χ0) is 18.9. The molecule has 0 radical (unpaired) electrons. The van der Waals surface area contributed by atoms with E-state index in [0.29, 0.717) is 18.7 Å². The zero-order valence-electron chi connectivity index (χ0n) is 14.2. The Balaban J connectivity index is 1.70. The van der Waals surface area contributed by atoms with Crippen molar-refractivity contribution in [1.29, 1.82) is 0 Å². The van der Waals surface area contributed by atoms with Gasteiger partial charge in [-0.2, -0.15) is 4.31 Å². The van der Waals surface area contributed by atoms with E-state index in [1.165, 1.54) is 10.4 Å². The minimum atomic E-state index is -3.78. The molecule has 2 aromatic carbocycles. The maximum Gasteiger partial charge on any atom is 0.253 e. The Labute approximate surface area is 157 Å². The van der Waals surface area contributed by atoms with Crippen molar-refractivity contribution in [2.75, 3.05) is 26.2 Å². The molecule has 0 bridgehead atoms. The molecule has 0 aliphatic carbocycles. The van der Waals surface area contributed by atoms with Crippen molar-refractivity contribution in [2.24, 2.45) is 0 Å². The molecule has 2 aromatic rings. The minimum absolute atomic E-state index is 0.0535. The van der Waals surface area contributed by atoms with Crippen LogP contribution in [0.4, 0.5) is 4.39 Å². The fourth-order valence-corrected chi connectivity index (χ4v) is 4.49. The van der Waals surface area contributed by atoms with Crippen LogP contribution in [0.2, 0.25) is 5.02 Å². The molecule has 3 rings (SSSR count). The van der Waals surface area contributed by atoms with Crippen LogP contribution >= 0.6 is 11.6 Å². The second-order valence-corrected chi connectivity index (χ2v) is 8.48. The lowest BCUT2D eigenvalue weighted by atomic mass is 10.1. The van der Waals surface area contributed by atoms with Crippen LogP contribution in [0.25, 0.3) is 0 Å². The van der Waals surface area contributed by atoms with Crippen molar-refractivity contribution in [3.05, 3.63) is 64.4 Å². The van der Waals surface area contributed by atoms with Gasteiger partial charge in [-0.15, -0.1) is 0 Å². The third-order valence-electron chi connectivity index (χ3n) is 4.35. The molecule has 0 saturated carbocycles. The Morgan fingerprint density at radius 2 is 1.65 bits per heavy atom. The number of aryl methyl sites for hydroxylation is 1. The number of nitrogens with zero attached hydrogens (tertiary/aromatic N) is 2. The van der Waals surface area contributed by atoms with Gasteiger partial charge >= 0.3 is 0 Å². The number of hydrogen-bond donors (Lipinski definition) is 0. The van der Waals surface area contributed by atoms with Gasteiger partial charge in [0.05, 0.1) is 9.92 Å². The highest BCUT2D eigenvalue weighted by atomic mass is 35.5. The molecule has 26 heavy (non-hydrogen) atoms. The van der Waals surface area contributed by atoms with Gasteiger partial charge in [-0.25, -0.2) is 12.8 Å². The molecule has 0 spiro atoms. The smallest absolute Gasteiger partial charge is 0.253 e. The first kappa shape index (κ1) is 18.8. The third-order valence-corrected chi connectivity index (χ3v) is 6.54. The number of hydrogen-bond acceptors (Lipinski definition) is 3. The topological polar surface area (TPSA) is 57.7 Å². The largest absolute Gasteiger partial charge is 0.336 e. The van der Waals surface area contributed by atoms with Crippen LogP contribution in [-0.4, -0.2) is 49.7 Å². The first-order chi connectivity index (χ1) is 12.3. The monoisotopic (exact) mass is 396 g/mol. The van der Waals surface area contributed by atoms with Gasteiger partial charge in [-0.3, -0.25) is 4.79 Å². The predicted molar refractivity (Wildman–Crippen MR) is 97.3 cm³/mol. The maximum atomic E-state index is 13.3. The standard InChI is InChI=1S/C18H18ClFN2O3S/c1-13-2-4-14(5-3-13)18(23)21-8-10-22(11-9-21)26(24,25)15-6-7-17(20)16(19)12-15/h2-7,12H,8-11H2,1H3. The summed E-state index contributed by atoms with van der Waals surface area (Å²) >= 11 is 5.69. The van der Waals surface area contributed by atoms with Crippen molar-refractivity contribution in [1.82, 2.24) is 9.21 Å². The summed E-state index contributed by atoms with van der Waals surface area (Å²) in [6.07, 6.45) is 0. The Bertz CT molecular complexity index is 924. The molecular formula is C18H18ClFN2O3S. The summed E-state index contributed by atoms with van der Waals surface area (Å²) in [6, 6.07) is 10.6. The van der Waals surface area contributed by atoms with E-state index in [4.69, 9.17) is 11.6 Å². The molecule has 1 amide bonds. The fraction of sp³-hybridized carbons (Fsp3) is 0.278. The summed E-state index contributed by atoms with van der Waals surface area (Å²) in [6.45, 7) is 2.88. The second kappa shape index (κ2) is 7.34. The molecule has 138 valence electrons. The Hall–Kier alpha value is -1.96. The van der Waals surface area contributed by atoms with E-state index in [1.54, 1.807) is 17.0 Å². The van der Waals surface area contributed by atoms with Crippen LogP contribution in [0.1, 0.15) is 15.9 Å². The highest BCUT2D eigenvalue weighted by Crippen LogP contribution is 2.23. The first-order valence-corrected chi connectivity index (χ1v) is 9.92. The van der Waals surface area contributed by atoms with Gasteiger partial charge in [0.25, 0.3) is 5.91 Å². The minimum Gasteiger partial charge on any atom is -0.336 e. The molecule has 1 heterocycles. The van der Waals surface area contributed by atoms with Crippen LogP contribution < -0.4 is 0 Å². The van der Waals surface area contributed by atoms with Crippen LogP contribution in [0.15, 0.2) is 47.4 Å². The zero-order valence-corrected chi connectivity index (χ0v) is 15.7. The number of carbonyl (C=O) groups excluding carboxylic acids is 1. The predicted octanol–water partition coefficient (Wildman–Crippen LogP) is 2.93. The van der Waals surface area contributed by atoms with Crippen LogP contribution in [0, 0.1) is 12.7 Å². The fourth-order valence-electron chi connectivity index (χ4n) is 2.80. The SMILES string of the molecule is Cc1ccc(C(=O)N2CCN(S(=O)(=O)c3ccc(F)c(Cl)c3)CC2)cc1. The number of rotatable bonds is 3. The quantitative estimate of drug-likeness (QED) is 0.801. The van der Waals surface area contributed by atoms with E-state index in [2.05, 4.69) is 0 Å². The highest BCUT2D eigenvalue weighted by molar-refractivity contribution is 7.89. The van der Waals surface area contributed by atoms with Crippen molar-refractivity contribution in [3.8, 4) is 0 Å². The van der Waals surface area contributed by atoms with Crippen molar-refractivity contribution < 1.29 is 17.6 Å². The van der Waals surface area contributed by atoms with Gasteiger partial charge in [-0.05, 0) is 37.3 Å². The Morgan fingerprint density at radius 1 is 1.04 bits per heavy atom. The van der Waals surface area contributed by atoms with Crippen LogP contribution in [-0.2, 0) is 10.0 Å². The van der Waals surface area contributed by atoms with E-state index in [-0.39, 0.29) is 28.9 Å². The van der Waals surface area contributed by atoms with Crippen molar-refractivity contribution in [3.63, 3.8) is 0 Å². The third kappa shape index (κ3) is 3.75.